The summed E-state index contributed by atoms with van der Waals surface area (Å²) < 4.78 is 20.4. The molecule has 3 rings (SSSR count). The number of aromatic nitrogens is 2. The first-order chi connectivity index (χ1) is 15.8. The molecular weight excluding hydrogens is 415 g/mol. The Bertz CT molecular complexity index is 1090. The van der Waals surface area contributed by atoms with Gasteiger partial charge in [-0.25, -0.2) is 14.4 Å². The van der Waals surface area contributed by atoms with Gasteiger partial charge in [0.15, 0.2) is 5.82 Å². The number of rotatable bonds is 9. The van der Waals surface area contributed by atoms with Gasteiger partial charge >= 0.3 is 0 Å². The Morgan fingerprint density at radius 3 is 2.70 bits per heavy atom. The van der Waals surface area contributed by atoms with Gasteiger partial charge in [-0.3, -0.25) is 4.90 Å². The predicted molar refractivity (Wildman–Crippen MR) is 135 cm³/mol. The van der Waals surface area contributed by atoms with E-state index in [1.54, 1.807) is 24.3 Å². The van der Waals surface area contributed by atoms with E-state index in [1.807, 2.05) is 19.1 Å². The minimum Gasteiger partial charge on any atom is -0.377 e. The third-order valence-electron chi connectivity index (χ3n) is 5.81. The quantitative estimate of drug-likeness (QED) is 0.472. The summed E-state index contributed by atoms with van der Waals surface area (Å²) in [5, 5.41) is 3.35. The van der Waals surface area contributed by atoms with Crippen molar-refractivity contribution in [3.63, 3.8) is 0 Å². The molecule has 1 aliphatic heterocycles. The molecule has 0 bridgehead atoms. The van der Waals surface area contributed by atoms with E-state index in [9.17, 15) is 4.39 Å². The molecule has 1 aromatic carbocycles. The highest BCUT2D eigenvalue weighted by Crippen LogP contribution is 2.29. The summed E-state index contributed by atoms with van der Waals surface area (Å²) in [6.07, 6.45) is 7.78. The number of nitrogens with zero attached hydrogens (tertiary/aromatic N) is 3. The summed E-state index contributed by atoms with van der Waals surface area (Å²) >= 11 is 0. The van der Waals surface area contributed by atoms with E-state index in [0.29, 0.717) is 54.3 Å². The summed E-state index contributed by atoms with van der Waals surface area (Å²) in [5.74, 6) is 1.04. The number of halogens is 1. The van der Waals surface area contributed by atoms with Gasteiger partial charge in [-0.2, -0.15) is 0 Å². The SMILES string of the molecule is C=C/C=C(\C=C)c1ccc(Nc2nc(C3=CCOCC3)nc(C)c2CN(C)C(C)C)cc1F. The number of hydrogen-bond acceptors (Lipinski definition) is 5. The van der Waals surface area contributed by atoms with E-state index in [1.165, 1.54) is 6.07 Å². The van der Waals surface area contributed by atoms with Gasteiger partial charge in [0.1, 0.15) is 11.6 Å². The maximum absolute atomic E-state index is 15.0. The molecule has 1 aliphatic rings. The standard InChI is InChI=1S/C27H33FN4O/c1-7-9-20(8-2)23-11-10-22(16-25(23)28)30-27-24(17-32(6)18(3)4)19(5)29-26(31-27)21-12-14-33-15-13-21/h7-12,16,18H,1-2,13-15,17H2,3-6H3,(H,29,30,31)/b20-9+. The highest BCUT2D eigenvalue weighted by atomic mass is 19.1. The van der Waals surface area contributed by atoms with Crippen LogP contribution in [-0.4, -0.2) is 41.2 Å². The molecule has 174 valence electrons. The highest BCUT2D eigenvalue weighted by molar-refractivity contribution is 5.76. The molecule has 2 aromatic rings. The van der Waals surface area contributed by atoms with Crippen molar-refractivity contribution in [3.8, 4) is 0 Å². The third kappa shape index (κ3) is 6.03. The Morgan fingerprint density at radius 2 is 2.09 bits per heavy atom. The average Bonchev–Trinajstić information content (AvgIpc) is 2.80. The van der Waals surface area contributed by atoms with Gasteiger partial charge in [0.2, 0.25) is 0 Å². The topological polar surface area (TPSA) is 50.3 Å². The van der Waals surface area contributed by atoms with E-state index in [-0.39, 0.29) is 5.82 Å². The largest absolute Gasteiger partial charge is 0.377 e. The van der Waals surface area contributed by atoms with Gasteiger partial charge in [-0.1, -0.05) is 37.5 Å². The van der Waals surface area contributed by atoms with Gasteiger partial charge in [0.25, 0.3) is 0 Å². The molecule has 0 radical (unpaired) electrons. The number of ether oxygens (including phenoxy) is 1. The van der Waals surface area contributed by atoms with Crippen molar-refractivity contribution >= 4 is 22.7 Å². The van der Waals surface area contributed by atoms with Crippen LogP contribution in [0.15, 0.2) is 55.7 Å². The maximum atomic E-state index is 15.0. The monoisotopic (exact) mass is 448 g/mol. The Kier molecular flexibility index (Phi) is 8.31. The minimum atomic E-state index is -0.341. The highest BCUT2D eigenvalue weighted by Gasteiger charge is 2.18. The van der Waals surface area contributed by atoms with Crippen LogP contribution < -0.4 is 5.32 Å². The van der Waals surface area contributed by atoms with Gasteiger partial charge in [-0.05, 0) is 63.6 Å². The molecule has 1 N–H and O–H groups in total. The molecule has 0 aliphatic carbocycles. The van der Waals surface area contributed by atoms with Crippen molar-refractivity contribution in [1.82, 2.24) is 14.9 Å². The number of allylic oxidation sites excluding steroid dienone is 4. The molecule has 33 heavy (non-hydrogen) atoms. The smallest absolute Gasteiger partial charge is 0.157 e. The Hall–Kier alpha value is -3.09. The van der Waals surface area contributed by atoms with Crippen LogP contribution in [0.1, 0.15) is 42.9 Å². The zero-order valence-corrected chi connectivity index (χ0v) is 20.0. The second-order valence-corrected chi connectivity index (χ2v) is 8.40. The zero-order valence-electron chi connectivity index (χ0n) is 20.0. The lowest BCUT2D eigenvalue weighted by Crippen LogP contribution is -2.27. The molecule has 2 heterocycles. The van der Waals surface area contributed by atoms with Crippen LogP contribution in [0.25, 0.3) is 11.1 Å². The zero-order chi connectivity index (χ0) is 24.0. The van der Waals surface area contributed by atoms with Crippen LogP contribution in [0.5, 0.6) is 0 Å². The van der Waals surface area contributed by atoms with Crippen molar-refractivity contribution in [1.29, 1.82) is 0 Å². The molecule has 6 heteroatoms. The first kappa shape index (κ1) is 24.6. The fourth-order valence-electron chi connectivity index (χ4n) is 3.55. The molecule has 0 fully saturated rings. The summed E-state index contributed by atoms with van der Waals surface area (Å²) in [6.45, 7) is 15.6. The maximum Gasteiger partial charge on any atom is 0.157 e. The van der Waals surface area contributed by atoms with Crippen LogP contribution in [0.3, 0.4) is 0 Å². The Balaban J connectivity index is 2.02. The first-order valence-electron chi connectivity index (χ1n) is 11.2. The van der Waals surface area contributed by atoms with Crippen molar-refractivity contribution in [2.24, 2.45) is 0 Å². The van der Waals surface area contributed by atoms with Crippen LogP contribution >= 0.6 is 0 Å². The first-order valence-corrected chi connectivity index (χ1v) is 11.2. The summed E-state index contributed by atoms with van der Waals surface area (Å²) in [4.78, 5) is 11.9. The molecule has 5 nitrogen and oxygen atoms in total. The van der Waals surface area contributed by atoms with E-state index in [4.69, 9.17) is 14.7 Å². The average molecular weight is 449 g/mol. The predicted octanol–water partition coefficient (Wildman–Crippen LogP) is 6.07. The second-order valence-electron chi connectivity index (χ2n) is 8.40. The van der Waals surface area contributed by atoms with Gasteiger partial charge in [-0.15, -0.1) is 0 Å². The molecule has 0 unspecified atom stereocenters. The molecule has 0 saturated heterocycles. The second kappa shape index (κ2) is 11.2. The normalized spacial score (nSPS) is 14.4. The van der Waals surface area contributed by atoms with Crippen LogP contribution in [0, 0.1) is 12.7 Å². The van der Waals surface area contributed by atoms with Gasteiger partial charge in [0, 0.05) is 35.1 Å². The number of benzene rings is 1. The van der Waals surface area contributed by atoms with E-state index in [0.717, 1.165) is 23.3 Å². The van der Waals surface area contributed by atoms with Crippen molar-refractivity contribution < 1.29 is 9.13 Å². The number of aryl methyl sites for hydroxylation is 1. The molecule has 0 amide bonds. The molecule has 0 spiro atoms. The lowest BCUT2D eigenvalue weighted by molar-refractivity contribution is 0.161. The fourth-order valence-corrected chi connectivity index (χ4v) is 3.55. The minimum absolute atomic E-state index is 0.341. The summed E-state index contributed by atoms with van der Waals surface area (Å²) in [5.41, 5.74) is 4.74. The lowest BCUT2D eigenvalue weighted by atomic mass is 10.0. The Labute approximate surface area is 196 Å². The van der Waals surface area contributed by atoms with Crippen LogP contribution in [0.2, 0.25) is 0 Å². The van der Waals surface area contributed by atoms with Gasteiger partial charge in [0.05, 0.1) is 13.2 Å². The summed E-state index contributed by atoms with van der Waals surface area (Å²) in [6, 6.07) is 5.43. The molecular formula is C27H33FN4O. The molecule has 1 aromatic heterocycles. The van der Waals surface area contributed by atoms with Crippen LogP contribution in [0.4, 0.5) is 15.9 Å². The van der Waals surface area contributed by atoms with E-state index < -0.39 is 0 Å². The number of nitrogens with one attached hydrogen (secondary N) is 1. The fraction of sp³-hybridized carbons (Fsp3) is 0.333. The van der Waals surface area contributed by atoms with E-state index in [2.05, 4.69) is 44.3 Å². The van der Waals surface area contributed by atoms with Gasteiger partial charge < -0.3 is 10.1 Å². The summed E-state index contributed by atoms with van der Waals surface area (Å²) in [7, 11) is 2.07. The Morgan fingerprint density at radius 1 is 1.30 bits per heavy atom. The van der Waals surface area contributed by atoms with Crippen molar-refractivity contribution in [3.05, 3.63) is 84.1 Å². The number of anilines is 2. The lowest BCUT2D eigenvalue weighted by Gasteiger charge is -2.24. The molecule has 0 saturated carbocycles. The van der Waals surface area contributed by atoms with Crippen molar-refractivity contribution in [2.45, 2.75) is 39.8 Å². The van der Waals surface area contributed by atoms with E-state index >= 15 is 0 Å². The van der Waals surface area contributed by atoms with Crippen molar-refractivity contribution in [2.75, 3.05) is 25.6 Å². The van der Waals surface area contributed by atoms with Crippen LogP contribution in [-0.2, 0) is 11.3 Å². The third-order valence-corrected chi connectivity index (χ3v) is 5.81. The molecule has 0 atom stereocenters. The number of hydrogen-bond donors (Lipinski definition) is 1.